The van der Waals surface area contributed by atoms with Crippen LogP contribution >= 0.6 is 0 Å². The molecule has 0 unspecified atom stereocenters. The Labute approximate surface area is 99.1 Å². The van der Waals surface area contributed by atoms with E-state index in [1.807, 2.05) is 6.07 Å². The molecule has 0 saturated heterocycles. The number of furan rings is 1. The fourth-order valence-electron chi connectivity index (χ4n) is 1.59. The van der Waals surface area contributed by atoms with Gasteiger partial charge in [0.25, 0.3) is 5.91 Å². The molecule has 0 spiro atoms. The summed E-state index contributed by atoms with van der Waals surface area (Å²) in [6, 6.07) is 10.1. The number of aromatic hydroxyl groups is 1. The molecule has 1 heterocycles. The standard InChI is InChI=1S/C13H13NO3/c1-14(13(16)12-6-3-7-17-12)9-10-4-2-5-11(15)8-10/h2-8,15H,9H2,1H3. The molecule has 1 aromatic heterocycles. The lowest BCUT2D eigenvalue weighted by Gasteiger charge is -2.15. The summed E-state index contributed by atoms with van der Waals surface area (Å²) in [6.07, 6.45) is 1.47. The van der Waals surface area contributed by atoms with E-state index in [2.05, 4.69) is 0 Å². The van der Waals surface area contributed by atoms with Crippen LogP contribution in [0.15, 0.2) is 47.1 Å². The molecule has 1 aromatic carbocycles. The highest BCUT2D eigenvalue weighted by molar-refractivity contribution is 5.91. The number of carbonyl (C=O) groups is 1. The molecule has 0 fully saturated rings. The molecule has 17 heavy (non-hydrogen) atoms. The van der Waals surface area contributed by atoms with E-state index in [1.54, 1.807) is 37.4 Å². The Morgan fingerprint density at radius 3 is 2.82 bits per heavy atom. The highest BCUT2D eigenvalue weighted by Gasteiger charge is 2.14. The second-order valence-corrected chi connectivity index (χ2v) is 3.81. The molecule has 0 aliphatic heterocycles. The normalized spacial score (nSPS) is 10.2. The Morgan fingerprint density at radius 2 is 2.18 bits per heavy atom. The Hall–Kier alpha value is -2.23. The van der Waals surface area contributed by atoms with Gasteiger partial charge in [-0.05, 0) is 29.8 Å². The third-order valence-corrected chi connectivity index (χ3v) is 2.41. The lowest BCUT2D eigenvalue weighted by atomic mass is 10.2. The first-order valence-corrected chi connectivity index (χ1v) is 5.23. The third kappa shape index (κ3) is 2.66. The van der Waals surface area contributed by atoms with E-state index >= 15 is 0 Å². The fourth-order valence-corrected chi connectivity index (χ4v) is 1.59. The molecule has 2 rings (SSSR count). The van der Waals surface area contributed by atoms with Crippen LogP contribution < -0.4 is 0 Å². The van der Waals surface area contributed by atoms with Gasteiger partial charge in [0.1, 0.15) is 5.75 Å². The van der Waals surface area contributed by atoms with Crippen molar-refractivity contribution in [1.29, 1.82) is 0 Å². The molecule has 4 heteroatoms. The van der Waals surface area contributed by atoms with Crippen LogP contribution in [-0.4, -0.2) is 23.0 Å². The van der Waals surface area contributed by atoms with Crippen LogP contribution in [0.5, 0.6) is 5.75 Å². The van der Waals surface area contributed by atoms with Gasteiger partial charge in [-0.15, -0.1) is 0 Å². The summed E-state index contributed by atoms with van der Waals surface area (Å²) in [6.45, 7) is 0.425. The van der Waals surface area contributed by atoms with Crippen molar-refractivity contribution in [3.8, 4) is 5.75 Å². The number of rotatable bonds is 3. The van der Waals surface area contributed by atoms with Crippen LogP contribution in [0.3, 0.4) is 0 Å². The first kappa shape index (κ1) is 11.3. The van der Waals surface area contributed by atoms with Gasteiger partial charge in [-0.2, -0.15) is 0 Å². The molecule has 88 valence electrons. The van der Waals surface area contributed by atoms with Crippen LogP contribution in [-0.2, 0) is 6.54 Å². The SMILES string of the molecule is CN(Cc1cccc(O)c1)C(=O)c1ccco1. The zero-order valence-corrected chi connectivity index (χ0v) is 9.46. The van der Waals surface area contributed by atoms with Gasteiger partial charge in [0.05, 0.1) is 6.26 Å². The first-order valence-electron chi connectivity index (χ1n) is 5.23. The molecule has 4 nitrogen and oxygen atoms in total. The largest absolute Gasteiger partial charge is 0.508 e. The quantitative estimate of drug-likeness (QED) is 0.881. The second kappa shape index (κ2) is 4.74. The number of hydrogen-bond acceptors (Lipinski definition) is 3. The van der Waals surface area contributed by atoms with E-state index in [0.717, 1.165) is 5.56 Å². The zero-order valence-electron chi connectivity index (χ0n) is 9.46. The van der Waals surface area contributed by atoms with Gasteiger partial charge in [-0.1, -0.05) is 12.1 Å². The van der Waals surface area contributed by atoms with Crippen molar-refractivity contribution >= 4 is 5.91 Å². The van der Waals surface area contributed by atoms with E-state index in [1.165, 1.54) is 11.2 Å². The lowest BCUT2D eigenvalue weighted by molar-refractivity contribution is 0.0753. The van der Waals surface area contributed by atoms with Gasteiger partial charge in [-0.25, -0.2) is 0 Å². The Balaban J connectivity index is 2.07. The molecule has 0 aliphatic carbocycles. The molecule has 1 amide bonds. The van der Waals surface area contributed by atoms with E-state index in [0.29, 0.717) is 12.3 Å². The van der Waals surface area contributed by atoms with Crippen molar-refractivity contribution in [3.05, 3.63) is 54.0 Å². The van der Waals surface area contributed by atoms with Gasteiger partial charge in [0.15, 0.2) is 5.76 Å². The topological polar surface area (TPSA) is 53.7 Å². The minimum Gasteiger partial charge on any atom is -0.508 e. The van der Waals surface area contributed by atoms with Crippen molar-refractivity contribution in [2.24, 2.45) is 0 Å². The van der Waals surface area contributed by atoms with Crippen molar-refractivity contribution in [1.82, 2.24) is 4.90 Å². The molecular formula is C13H13NO3. The zero-order chi connectivity index (χ0) is 12.3. The number of amides is 1. The van der Waals surface area contributed by atoms with Crippen molar-refractivity contribution < 1.29 is 14.3 Å². The maximum atomic E-state index is 11.9. The highest BCUT2D eigenvalue weighted by atomic mass is 16.3. The number of benzene rings is 1. The smallest absolute Gasteiger partial charge is 0.289 e. The monoisotopic (exact) mass is 231 g/mol. The number of phenols is 1. The number of carbonyl (C=O) groups excluding carboxylic acids is 1. The van der Waals surface area contributed by atoms with Gasteiger partial charge in [0.2, 0.25) is 0 Å². The lowest BCUT2D eigenvalue weighted by Crippen LogP contribution is -2.25. The molecule has 0 radical (unpaired) electrons. The van der Waals surface area contributed by atoms with Crippen LogP contribution in [0, 0.1) is 0 Å². The summed E-state index contributed by atoms with van der Waals surface area (Å²) < 4.78 is 5.04. The summed E-state index contributed by atoms with van der Waals surface area (Å²) in [5.41, 5.74) is 0.868. The maximum absolute atomic E-state index is 11.9. The number of phenolic OH excluding ortho intramolecular Hbond substituents is 1. The van der Waals surface area contributed by atoms with Gasteiger partial charge in [-0.3, -0.25) is 4.79 Å². The summed E-state index contributed by atoms with van der Waals surface area (Å²) in [7, 11) is 1.69. The number of hydrogen-bond donors (Lipinski definition) is 1. The van der Waals surface area contributed by atoms with Crippen LogP contribution in [0.1, 0.15) is 16.1 Å². The van der Waals surface area contributed by atoms with Crippen molar-refractivity contribution in [3.63, 3.8) is 0 Å². The molecule has 2 aromatic rings. The Bertz CT molecular complexity index is 505. The average molecular weight is 231 g/mol. The van der Waals surface area contributed by atoms with E-state index in [9.17, 15) is 9.90 Å². The van der Waals surface area contributed by atoms with Crippen molar-refractivity contribution in [2.45, 2.75) is 6.54 Å². The Morgan fingerprint density at radius 1 is 1.35 bits per heavy atom. The van der Waals surface area contributed by atoms with Crippen LogP contribution in [0.2, 0.25) is 0 Å². The average Bonchev–Trinajstić information content (AvgIpc) is 2.81. The van der Waals surface area contributed by atoms with E-state index in [4.69, 9.17) is 4.42 Å². The summed E-state index contributed by atoms with van der Waals surface area (Å²) in [4.78, 5) is 13.4. The molecular weight excluding hydrogens is 218 g/mol. The van der Waals surface area contributed by atoms with Crippen LogP contribution in [0.4, 0.5) is 0 Å². The van der Waals surface area contributed by atoms with E-state index in [-0.39, 0.29) is 11.7 Å². The maximum Gasteiger partial charge on any atom is 0.289 e. The third-order valence-electron chi connectivity index (χ3n) is 2.41. The Kier molecular flexibility index (Phi) is 3.14. The van der Waals surface area contributed by atoms with Crippen LogP contribution in [0.25, 0.3) is 0 Å². The minimum absolute atomic E-state index is 0.182. The van der Waals surface area contributed by atoms with E-state index < -0.39 is 0 Å². The fraction of sp³-hybridized carbons (Fsp3) is 0.154. The predicted molar refractivity (Wildman–Crippen MR) is 62.6 cm³/mol. The molecule has 1 N–H and O–H groups in total. The summed E-state index contributed by atoms with van der Waals surface area (Å²) in [5, 5.41) is 9.33. The first-order chi connectivity index (χ1) is 8.16. The molecule has 0 saturated carbocycles. The number of nitrogens with zero attached hydrogens (tertiary/aromatic N) is 1. The summed E-state index contributed by atoms with van der Waals surface area (Å²) in [5.74, 6) is 0.326. The molecule has 0 aliphatic rings. The van der Waals surface area contributed by atoms with Gasteiger partial charge >= 0.3 is 0 Å². The summed E-state index contributed by atoms with van der Waals surface area (Å²) >= 11 is 0. The van der Waals surface area contributed by atoms with Crippen molar-refractivity contribution in [2.75, 3.05) is 7.05 Å². The predicted octanol–water partition coefficient (Wildman–Crippen LogP) is 2.26. The minimum atomic E-state index is -0.182. The highest BCUT2D eigenvalue weighted by Crippen LogP contribution is 2.13. The van der Waals surface area contributed by atoms with Gasteiger partial charge < -0.3 is 14.4 Å². The van der Waals surface area contributed by atoms with Gasteiger partial charge in [0, 0.05) is 13.6 Å². The molecule has 0 bridgehead atoms. The molecule has 0 atom stereocenters. The second-order valence-electron chi connectivity index (χ2n) is 3.81.